The second-order valence-electron chi connectivity index (χ2n) is 4.11. The van der Waals surface area contributed by atoms with Crippen molar-refractivity contribution in [3.63, 3.8) is 0 Å². The summed E-state index contributed by atoms with van der Waals surface area (Å²) in [6, 6.07) is 5.36. The topological polar surface area (TPSA) is 46.2 Å². The van der Waals surface area contributed by atoms with Gasteiger partial charge in [0.25, 0.3) is 0 Å². The molecule has 1 aliphatic rings. The highest BCUT2D eigenvalue weighted by molar-refractivity contribution is 9.10. The van der Waals surface area contributed by atoms with Gasteiger partial charge in [0, 0.05) is 17.3 Å². The summed E-state index contributed by atoms with van der Waals surface area (Å²) in [5, 5.41) is 3.26. The van der Waals surface area contributed by atoms with E-state index in [1.165, 1.54) is 6.26 Å². The van der Waals surface area contributed by atoms with Crippen LogP contribution in [0, 0.1) is 0 Å². The molecule has 0 spiro atoms. The van der Waals surface area contributed by atoms with Gasteiger partial charge >= 0.3 is 0 Å². The van der Waals surface area contributed by atoms with Gasteiger partial charge in [0.2, 0.25) is 0 Å². The number of nitrogens with one attached hydrogen (secondary N) is 1. The van der Waals surface area contributed by atoms with E-state index in [1.54, 1.807) is 12.1 Å². The average molecular weight is 304 g/mol. The molecular weight excluding hydrogens is 290 g/mol. The predicted molar refractivity (Wildman–Crippen MR) is 67.5 cm³/mol. The molecule has 1 unspecified atom stereocenters. The van der Waals surface area contributed by atoms with Crippen LogP contribution in [-0.4, -0.2) is 27.8 Å². The molecule has 0 amide bonds. The average Bonchev–Trinajstić information content (AvgIpc) is 2.68. The zero-order valence-electron chi connectivity index (χ0n) is 9.03. The normalized spacial score (nSPS) is 21.2. The molecule has 2 rings (SSSR count). The Kier molecular flexibility index (Phi) is 3.37. The number of hydrogen-bond acceptors (Lipinski definition) is 3. The molecule has 3 nitrogen and oxygen atoms in total. The Labute approximate surface area is 104 Å². The van der Waals surface area contributed by atoms with E-state index in [0.29, 0.717) is 10.8 Å². The van der Waals surface area contributed by atoms with Crippen molar-refractivity contribution in [2.75, 3.05) is 19.3 Å². The highest BCUT2D eigenvalue weighted by atomic mass is 79.9. The first kappa shape index (κ1) is 12.1. The first-order valence-electron chi connectivity index (χ1n) is 5.19. The molecule has 88 valence electrons. The minimum atomic E-state index is -3.15. The van der Waals surface area contributed by atoms with Crippen LogP contribution >= 0.6 is 15.9 Å². The maximum absolute atomic E-state index is 11.7. The summed E-state index contributed by atoms with van der Waals surface area (Å²) in [4.78, 5) is 0.454. The summed E-state index contributed by atoms with van der Waals surface area (Å²) in [7, 11) is -3.15. The Morgan fingerprint density at radius 1 is 1.44 bits per heavy atom. The number of rotatable bonds is 2. The smallest absolute Gasteiger partial charge is 0.175 e. The molecule has 1 saturated heterocycles. The molecule has 0 saturated carbocycles. The maximum Gasteiger partial charge on any atom is 0.175 e. The van der Waals surface area contributed by atoms with Gasteiger partial charge in [-0.1, -0.05) is 22.0 Å². The Morgan fingerprint density at radius 2 is 2.19 bits per heavy atom. The monoisotopic (exact) mass is 303 g/mol. The molecule has 0 aliphatic carbocycles. The standard InChI is InChI=1S/C11H14BrNO2S/c1-16(14,15)10-4-2-3-9(12)11(10)8-5-6-13-7-8/h2-4,8,13H,5-7H2,1H3. The van der Waals surface area contributed by atoms with Gasteiger partial charge in [-0.25, -0.2) is 8.42 Å². The van der Waals surface area contributed by atoms with Gasteiger partial charge < -0.3 is 5.32 Å². The zero-order chi connectivity index (χ0) is 11.8. The van der Waals surface area contributed by atoms with E-state index in [9.17, 15) is 8.42 Å². The van der Waals surface area contributed by atoms with Crippen molar-refractivity contribution >= 4 is 25.8 Å². The fourth-order valence-corrected chi connectivity index (χ4v) is 3.96. The summed E-state index contributed by atoms with van der Waals surface area (Å²) in [6.45, 7) is 1.81. The fourth-order valence-electron chi connectivity index (χ4n) is 2.14. The fraction of sp³-hybridized carbons (Fsp3) is 0.455. The minimum absolute atomic E-state index is 0.292. The number of benzene rings is 1. The zero-order valence-corrected chi connectivity index (χ0v) is 11.4. The molecule has 1 N–H and O–H groups in total. The van der Waals surface area contributed by atoms with Crippen LogP contribution in [0.3, 0.4) is 0 Å². The second-order valence-corrected chi connectivity index (χ2v) is 6.95. The third kappa shape index (κ3) is 2.31. The van der Waals surface area contributed by atoms with E-state index in [2.05, 4.69) is 21.2 Å². The Bertz CT molecular complexity index is 493. The highest BCUT2D eigenvalue weighted by Gasteiger charge is 2.25. The minimum Gasteiger partial charge on any atom is -0.316 e. The van der Waals surface area contributed by atoms with Crippen molar-refractivity contribution in [3.8, 4) is 0 Å². The SMILES string of the molecule is CS(=O)(=O)c1cccc(Br)c1C1CCNC1. The van der Waals surface area contributed by atoms with Crippen molar-refractivity contribution in [2.24, 2.45) is 0 Å². The third-order valence-electron chi connectivity index (χ3n) is 2.88. The van der Waals surface area contributed by atoms with Crippen LogP contribution in [0.2, 0.25) is 0 Å². The van der Waals surface area contributed by atoms with Gasteiger partial charge in [-0.05, 0) is 36.6 Å². The van der Waals surface area contributed by atoms with Crippen molar-refractivity contribution < 1.29 is 8.42 Å². The maximum atomic E-state index is 11.7. The van der Waals surface area contributed by atoms with Crippen molar-refractivity contribution in [2.45, 2.75) is 17.2 Å². The van der Waals surface area contributed by atoms with Gasteiger partial charge in [0.05, 0.1) is 4.90 Å². The van der Waals surface area contributed by atoms with Crippen LogP contribution in [0.25, 0.3) is 0 Å². The summed E-state index contributed by atoms with van der Waals surface area (Å²) < 4.78 is 24.3. The highest BCUT2D eigenvalue weighted by Crippen LogP contribution is 2.34. The lowest BCUT2D eigenvalue weighted by Gasteiger charge is -2.15. The summed E-state index contributed by atoms with van der Waals surface area (Å²) in [5.74, 6) is 0.292. The molecule has 0 radical (unpaired) electrons. The van der Waals surface area contributed by atoms with Crippen molar-refractivity contribution in [1.29, 1.82) is 0 Å². The molecule has 1 fully saturated rings. The Hall–Kier alpha value is -0.390. The van der Waals surface area contributed by atoms with Crippen LogP contribution in [0.5, 0.6) is 0 Å². The second kappa shape index (κ2) is 4.47. The molecule has 1 heterocycles. The number of sulfone groups is 1. The summed E-state index contributed by atoms with van der Waals surface area (Å²) >= 11 is 3.46. The van der Waals surface area contributed by atoms with E-state index < -0.39 is 9.84 Å². The van der Waals surface area contributed by atoms with Crippen molar-refractivity contribution in [3.05, 3.63) is 28.2 Å². The van der Waals surface area contributed by atoms with E-state index in [-0.39, 0.29) is 0 Å². The number of halogens is 1. The van der Waals surface area contributed by atoms with Gasteiger partial charge in [-0.3, -0.25) is 0 Å². The van der Waals surface area contributed by atoms with E-state index in [1.807, 2.05) is 6.07 Å². The Morgan fingerprint density at radius 3 is 2.75 bits per heavy atom. The summed E-state index contributed by atoms with van der Waals surface area (Å²) in [6.07, 6.45) is 2.26. The molecule has 1 aromatic carbocycles. The first-order chi connectivity index (χ1) is 7.50. The lowest BCUT2D eigenvalue weighted by atomic mass is 9.98. The molecule has 0 aromatic heterocycles. The summed E-state index contributed by atoms with van der Waals surface area (Å²) in [5.41, 5.74) is 0.926. The van der Waals surface area contributed by atoms with Crippen LogP contribution < -0.4 is 5.32 Å². The molecular formula is C11H14BrNO2S. The van der Waals surface area contributed by atoms with E-state index in [4.69, 9.17) is 0 Å². The van der Waals surface area contributed by atoms with E-state index in [0.717, 1.165) is 29.5 Å². The van der Waals surface area contributed by atoms with Crippen LogP contribution in [-0.2, 0) is 9.84 Å². The quantitative estimate of drug-likeness (QED) is 0.908. The largest absolute Gasteiger partial charge is 0.316 e. The van der Waals surface area contributed by atoms with Gasteiger partial charge in [0.15, 0.2) is 9.84 Å². The van der Waals surface area contributed by atoms with E-state index >= 15 is 0 Å². The predicted octanol–water partition coefficient (Wildman–Crippen LogP) is 1.93. The molecule has 1 aromatic rings. The van der Waals surface area contributed by atoms with Crippen LogP contribution in [0.1, 0.15) is 17.9 Å². The van der Waals surface area contributed by atoms with Gasteiger partial charge in [0.1, 0.15) is 0 Å². The first-order valence-corrected chi connectivity index (χ1v) is 7.88. The lowest BCUT2D eigenvalue weighted by Crippen LogP contribution is -2.11. The molecule has 16 heavy (non-hydrogen) atoms. The van der Waals surface area contributed by atoms with Gasteiger partial charge in [-0.2, -0.15) is 0 Å². The van der Waals surface area contributed by atoms with Crippen LogP contribution in [0.15, 0.2) is 27.6 Å². The van der Waals surface area contributed by atoms with Gasteiger partial charge in [-0.15, -0.1) is 0 Å². The molecule has 5 heteroatoms. The molecule has 1 aliphatic heterocycles. The third-order valence-corrected chi connectivity index (χ3v) is 4.73. The molecule has 1 atom stereocenters. The molecule has 0 bridgehead atoms. The van der Waals surface area contributed by atoms with Crippen LogP contribution in [0.4, 0.5) is 0 Å². The Balaban J connectivity index is 2.57. The van der Waals surface area contributed by atoms with Crippen molar-refractivity contribution in [1.82, 2.24) is 5.32 Å². The number of hydrogen-bond donors (Lipinski definition) is 1. The lowest BCUT2D eigenvalue weighted by molar-refractivity contribution is 0.598.